The Balaban J connectivity index is 1.80. The van der Waals surface area contributed by atoms with E-state index in [1.54, 1.807) is 4.90 Å². The van der Waals surface area contributed by atoms with E-state index in [-0.39, 0.29) is 24.3 Å². The fraction of sp³-hybridized carbons (Fsp3) is 0.500. The van der Waals surface area contributed by atoms with E-state index in [0.29, 0.717) is 13.1 Å². The number of hydrogen-bond acceptors (Lipinski definition) is 3. The molecule has 0 radical (unpaired) electrons. The summed E-state index contributed by atoms with van der Waals surface area (Å²) in [5, 5.41) is 2.88. The lowest BCUT2D eigenvalue weighted by molar-refractivity contribution is -0.137. The molecule has 1 aromatic rings. The number of hydrogen-bond donors (Lipinski definition) is 1. The van der Waals surface area contributed by atoms with Crippen molar-refractivity contribution in [3.05, 3.63) is 35.9 Å². The Kier molecular flexibility index (Phi) is 5.33. The van der Waals surface area contributed by atoms with Crippen LogP contribution in [-0.4, -0.2) is 54.8 Å². The lowest BCUT2D eigenvalue weighted by atomic mass is 10.1. The molecule has 1 saturated heterocycles. The zero-order chi connectivity index (χ0) is 15.2. The standard InChI is InChI=1S/C16H23N3O2/c1-13(14-6-4-3-5-7-14)17-15(20)12-16(21)19-10-8-18(2)9-11-19/h3-7,13H,8-12H2,1-2H3,(H,17,20). The van der Waals surface area contributed by atoms with Gasteiger partial charge in [-0.15, -0.1) is 0 Å². The number of carbonyl (C=O) groups excluding carboxylic acids is 2. The maximum atomic E-state index is 12.1. The van der Waals surface area contributed by atoms with Crippen molar-refractivity contribution in [2.45, 2.75) is 19.4 Å². The van der Waals surface area contributed by atoms with Gasteiger partial charge in [-0.25, -0.2) is 0 Å². The minimum absolute atomic E-state index is 0.0686. The van der Waals surface area contributed by atoms with Gasteiger partial charge in [-0.1, -0.05) is 30.3 Å². The van der Waals surface area contributed by atoms with Crippen molar-refractivity contribution in [3.63, 3.8) is 0 Å². The Morgan fingerprint density at radius 1 is 1.14 bits per heavy atom. The predicted octanol–water partition coefficient (Wildman–Crippen LogP) is 1.03. The van der Waals surface area contributed by atoms with Crippen LogP contribution in [0.4, 0.5) is 0 Å². The van der Waals surface area contributed by atoms with Gasteiger partial charge < -0.3 is 15.1 Å². The van der Waals surface area contributed by atoms with Crippen molar-refractivity contribution < 1.29 is 9.59 Å². The molecule has 114 valence electrons. The molecule has 1 aliphatic rings. The van der Waals surface area contributed by atoms with Crippen LogP contribution in [0, 0.1) is 0 Å². The minimum atomic E-state index is -0.213. The molecule has 1 unspecified atom stereocenters. The summed E-state index contributed by atoms with van der Waals surface area (Å²) < 4.78 is 0. The second-order valence-corrected chi connectivity index (χ2v) is 5.56. The van der Waals surface area contributed by atoms with Gasteiger partial charge in [0, 0.05) is 26.2 Å². The van der Waals surface area contributed by atoms with Crippen molar-refractivity contribution in [1.82, 2.24) is 15.1 Å². The van der Waals surface area contributed by atoms with E-state index in [0.717, 1.165) is 18.7 Å². The van der Waals surface area contributed by atoms with Crippen LogP contribution < -0.4 is 5.32 Å². The van der Waals surface area contributed by atoms with Crippen LogP contribution in [0.1, 0.15) is 24.9 Å². The molecule has 1 aromatic carbocycles. The molecule has 1 aliphatic heterocycles. The molecular weight excluding hydrogens is 266 g/mol. The van der Waals surface area contributed by atoms with Gasteiger partial charge in [-0.05, 0) is 19.5 Å². The molecule has 0 spiro atoms. The number of amides is 2. The van der Waals surface area contributed by atoms with Crippen LogP contribution in [0.3, 0.4) is 0 Å². The average Bonchev–Trinajstić information content (AvgIpc) is 2.48. The topological polar surface area (TPSA) is 52.7 Å². The zero-order valence-corrected chi connectivity index (χ0v) is 12.7. The quantitative estimate of drug-likeness (QED) is 0.842. The second-order valence-electron chi connectivity index (χ2n) is 5.56. The average molecular weight is 289 g/mol. The first-order chi connectivity index (χ1) is 10.1. The van der Waals surface area contributed by atoms with Gasteiger partial charge in [-0.3, -0.25) is 9.59 Å². The first-order valence-corrected chi connectivity index (χ1v) is 7.37. The summed E-state index contributed by atoms with van der Waals surface area (Å²) in [4.78, 5) is 28.0. The van der Waals surface area contributed by atoms with E-state index in [1.165, 1.54) is 0 Å². The third kappa shape index (κ3) is 4.56. The van der Waals surface area contributed by atoms with Crippen LogP contribution >= 0.6 is 0 Å². The van der Waals surface area contributed by atoms with Gasteiger partial charge in [0.15, 0.2) is 0 Å². The van der Waals surface area contributed by atoms with Crippen LogP contribution in [0.25, 0.3) is 0 Å². The van der Waals surface area contributed by atoms with Crippen LogP contribution in [-0.2, 0) is 9.59 Å². The third-order valence-corrected chi connectivity index (χ3v) is 3.84. The summed E-state index contributed by atoms with van der Waals surface area (Å²) >= 11 is 0. The van der Waals surface area contributed by atoms with Crippen LogP contribution in [0.2, 0.25) is 0 Å². The Labute approximate surface area is 125 Å². The molecule has 0 bridgehead atoms. The van der Waals surface area contributed by atoms with Gasteiger partial charge in [0.05, 0.1) is 6.04 Å². The molecular formula is C16H23N3O2. The highest BCUT2D eigenvalue weighted by Crippen LogP contribution is 2.11. The maximum absolute atomic E-state index is 12.1. The highest BCUT2D eigenvalue weighted by Gasteiger charge is 2.21. The second kappa shape index (κ2) is 7.22. The number of benzene rings is 1. The van der Waals surface area contributed by atoms with E-state index in [4.69, 9.17) is 0 Å². The van der Waals surface area contributed by atoms with Crippen molar-refractivity contribution >= 4 is 11.8 Å². The third-order valence-electron chi connectivity index (χ3n) is 3.84. The molecule has 2 amide bonds. The van der Waals surface area contributed by atoms with Gasteiger partial charge in [0.2, 0.25) is 11.8 Å². The fourth-order valence-electron chi connectivity index (χ4n) is 2.42. The molecule has 21 heavy (non-hydrogen) atoms. The summed E-state index contributed by atoms with van der Waals surface area (Å²) in [5.41, 5.74) is 1.04. The molecule has 1 fully saturated rings. The zero-order valence-electron chi connectivity index (χ0n) is 12.7. The van der Waals surface area contributed by atoms with Gasteiger partial charge in [0.1, 0.15) is 6.42 Å². The first-order valence-electron chi connectivity index (χ1n) is 7.37. The molecule has 5 nitrogen and oxygen atoms in total. The number of nitrogens with zero attached hydrogens (tertiary/aromatic N) is 2. The van der Waals surface area contributed by atoms with Crippen molar-refractivity contribution in [2.24, 2.45) is 0 Å². The monoisotopic (exact) mass is 289 g/mol. The smallest absolute Gasteiger partial charge is 0.232 e. The highest BCUT2D eigenvalue weighted by molar-refractivity contribution is 5.97. The Bertz CT molecular complexity index is 482. The van der Waals surface area contributed by atoms with E-state index < -0.39 is 0 Å². The Morgan fingerprint density at radius 3 is 2.38 bits per heavy atom. The molecule has 0 aliphatic carbocycles. The van der Waals surface area contributed by atoms with E-state index in [9.17, 15) is 9.59 Å². The van der Waals surface area contributed by atoms with Gasteiger partial charge in [0.25, 0.3) is 0 Å². The van der Waals surface area contributed by atoms with Crippen LogP contribution in [0.5, 0.6) is 0 Å². The fourth-order valence-corrected chi connectivity index (χ4v) is 2.42. The van der Waals surface area contributed by atoms with E-state index in [1.807, 2.05) is 44.3 Å². The number of nitrogens with one attached hydrogen (secondary N) is 1. The van der Waals surface area contributed by atoms with Gasteiger partial charge in [-0.2, -0.15) is 0 Å². The number of piperazine rings is 1. The number of rotatable bonds is 4. The SMILES string of the molecule is CC(NC(=O)CC(=O)N1CCN(C)CC1)c1ccccc1. The molecule has 5 heteroatoms. The molecule has 2 rings (SSSR count). The summed E-state index contributed by atoms with van der Waals surface area (Å²) in [7, 11) is 2.04. The van der Waals surface area contributed by atoms with Crippen LogP contribution in [0.15, 0.2) is 30.3 Å². The first kappa shape index (κ1) is 15.5. The molecule has 1 heterocycles. The minimum Gasteiger partial charge on any atom is -0.349 e. The summed E-state index contributed by atoms with van der Waals surface area (Å²) in [6.45, 7) is 5.07. The summed E-state index contributed by atoms with van der Waals surface area (Å²) in [5.74, 6) is -0.295. The number of likely N-dealkylation sites (N-methyl/N-ethyl adjacent to an activating group) is 1. The molecule has 1 atom stereocenters. The Hall–Kier alpha value is -1.88. The van der Waals surface area contributed by atoms with Crippen molar-refractivity contribution in [3.8, 4) is 0 Å². The van der Waals surface area contributed by atoms with Crippen molar-refractivity contribution in [1.29, 1.82) is 0 Å². The molecule has 0 saturated carbocycles. The predicted molar refractivity (Wildman–Crippen MR) is 81.7 cm³/mol. The summed E-state index contributed by atoms with van der Waals surface area (Å²) in [6.07, 6.45) is -0.0686. The normalized spacial score (nSPS) is 17.3. The summed E-state index contributed by atoms with van der Waals surface area (Å²) in [6, 6.07) is 9.66. The van der Waals surface area contributed by atoms with Crippen molar-refractivity contribution in [2.75, 3.05) is 33.2 Å². The molecule has 1 N–H and O–H groups in total. The highest BCUT2D eigenvalue weighted by atomic mass is 16.2. The number of carbonyl (C=O) groups is 2. The van der Waals surface area contributed by atoms with Gasteiger partial charge >= 0.3 is 0 Å². The molecule has 0 aromatic heterocycles. The largest absolute Gasteiger partial charge is 0.349 e. The van der Waals surface area contributed by atoms with E-state index >= 15 is 0 Å². The Morgan fingerprint density at radius 2 is 1.76 bits per heavy atom. The lowest BCUT2D eigenvalue weighted by Gasteiger charge is -2.32. The maximum Gasteiger partial charge on any atom is 0.232 e. The van der Waals surface area contributed by atoms with E-state index in [2.05, 4.69) is 10.2 Å². The lowest BCUT2D eigenvalue weighted by Crippen LogP contribution is -2.48.